The fraction of sp³-hybridized carbons (Fsp3) is 0.600. The molecule has 0 heterocycles. The van der Waals surface area contributed by atoms with E-state index in [1.807, 2.05) is 6.07 Å². The molecular formula is C15H22ClNO. The predicted octanol–water partition coefficient (Wildman–Crippen LogP) is 3.64. The molecule has 1 saturated carbocycles. The minimum atomic E-state index is 0.135. The van der Waals surface area contributed by atoms with Crippen molar-refractivity contribution >= 4 is 11.6 Å². The zero-order chi connectivity index (χ0) is 13.0. The molecule has 0 unspecified atom stereocenters. The number of ether oxygens (including phenoxy) is 1. The Morgan fingerprint density at radius 2 is 2.06 bits per heavy atom. The van der Waals surface area contributed by atoms with Crippen LogP contribution in [-0.4, -0.2) is 18.5 Å². The second kappa shape index (κ2) is 5.94. The molecule has 100 valence electrons. The Morgan fingerprint density at radius 1 is 1.33 bits per heavy atom. The van der Waals surface area contributed by atoms with Crippen LogP contribution < -0.4 is 10.1 Å². The molecule has 0 amide bonds. The molecule has 1 aliphatic carbocycles. The highest BCUT2D eigenvalue weighted by Crippen LogP contribution is 2.31. The fourth-order valence-electron chi connectivity index (χ4n) is 2.74. The van der Waals surface area contributed by atoms with Gasteiger partial charge in [-0.2, -0.15) is 0 Å². The lowest BCUT2D eigenvalue weighted by atomic mass is 9.99. The summed E-state index contributed by atoms with van der Waals surface area (Å²) in [7, 11) is 1.72. The maximum Gasteiger partial charge on any atom is 0.123 e. The van der Waals surface area contributed by atoms with Gasteiger partial charge in [0.15, 0.2) is 0 Å². The highest BCUT2D eigenvalue weighted by molar-refractivity contribution is 6.18. The molecule has 0 aromatic heterocycles. The predicted molar refractivity (Wildman–Crippen MR) is 76.5 cm³/mol. The van der Waals surface area contributed by atoms with Gasteiger partial charge >= 0.3 is 0 Å². The van der Waals surface area contributed by atoms with E-state index in [0.29, 0.717) is 5.88 Å². The average molecular weight is 268 g/mol. The van der Waals surface area contributed by atoms with Crippen LogP contribution in [0.2, 0.25) is 0 Å². The lowest BCUT2D eigenvalue weighted by Crippen LogP contribution is -2.43. The molecule has 1 aromatic carbocycles. The molecule has 0 saturated heterocycles. The van der Waals surface area contributed by atoms with E-state index < -0.39 is 0 Å². The van der Waals surface area contributed by atoms with Gasteiger partial charge in [0.2, 0.25) is 0 Å². The van der Waals surface area contributed by atoms with E-state index in [0.717, 1.165) is 12.3 Å². The fourth-order valence-corrected chi connectivity index (χ4v) is 3.10. The third-order valence-corrected chi connectivity index (χ3v) is 4.42. The van der Waals surface area contributed by atoms with Crippen molar-refractivity contribution < 1.29 is 4.74 Å². The first-order valence-electron chi connectivity index (χ1n) is 6.64. The van der Waals surface area contributed by atoms with Crippen LogP contribution in [0.3, 0.4) is 0 Å². The number of nitrogens with one attached hydrogen (secondary N) is 1. The zero-order valence-corrected chi connectivity index (χ0v) is 12.0. The van der Waals surface area contributed by atoms with E-state index >= 15 is 0 Å². The molecule has 18 heavy (non-hydrogen) atoms. The summed E-state index contributed by atoms with van der Waals surface area (Å²) in [6.45, 7) is 2.94. The largest absolute Gasteiger partial charge is 0.496 e. The SMILES string of the molecule is COc1ccc(C)cc1CNC1(CCl)CCCC1. The molecule has 0 bridgehead atoms. The second-order valence-corrected chi connectivity index (χ2v) is 5.56. The Hall–Kier alpha value is -0.730. The maximum absolute atomic E-state index is 6.14. The van der Waals surface area contributed by atoms with Crippen LogP contribution in [0.15, 0.2) is 18.2 Å². The Bertz CT molecular complexity index is 399. The van der Waals surface area contributed by atoms with E-state index in [4.69, 9.17) is 16.3 Å². The number of halogens is 1. The molecule has 0 aliphatic heterocycles. The van der Waals surface area contributed by atoms with Crippen molar-refractivity contribution in [3.63, 3.8) is 0 Å². The van der Waals surface area contributed by atoms with Gasteiger partial charge in [-0.25, -0.2) is 0 Å². The van der Waals surface area contributed by atoms with Crippen molar-refractivity contribution in [3.8, 4) is 5.75 Å². The third kappa shape index (κ3) is 2.99. The first-order valence-corrected chi connectivity index (χ1v) is 7.17. The average Bonchev–Trinajstić information content (AvgIpc) is 2.86. The van der Waals surface area contributed by atoms with E-state index in [1.54, 1.807) is 7.11 Å². The summed E-state index contributed by atoms with van der Waals surface area (Å²) in [5, 5.41) is 3.65. The van der Waals surface area contributed by atoms with Crippen molar-refractivity contribution in [2.75, 3.05) is 13.0 Å². The number of benzene rings is 1. The van der Waals surface area contributed by atoms with Gasteiger partial charge in [0.25, 0.3) is 0 Å². The number of rotatable bonds is 5. The van der Waals surface area contributed by atoms with Crippen molar-refractivity contribution in [3.05, 3.63) is 29.3 Å². The van der Waals surface area contributed by atoms with Gasteiger partial charge in [-0.3, -0.25) is 0 Å². The maximum atomic E-state index is 6.14. The summed E-state index contributed by atoms with van der Waals surface area (Å²) in [5.74, 6) is 1.65. The quantitative estimate of drug-likeness (QED) is 0.823. The van der Waals surface area contributed by atoms with E-state index in [9.17, 15) is 0 Å². The summed E-state index contributed by atoms with van der Waals surface area (Å²) in [5.41, 5.74) is 2.61. The van der Waals surface area contributed by atoms with Gasteiger partial charge in [-0.15, -0.1) is 11.6 Å². The number of methoxy groups -OCH3 is 1. The van der Waals surface area contributed by atoms with Crippen LogP contribution in [0.4, 0.5) is 0 Å². The zero-order valence-electron chi connectivity index (χ0n) is 11.3. The van der Waals surface area contributed by atoms with Crippen LogP contribution in [0.1, 0.15) is 36.8 Å². The summed E-state index contributed by atoms with van der Waals surface area (Å²) >= 11 is 6.14. The normalized spacial score (nSPS) is 17.9. The Balaban J connectivity index is 2.07. The van der Waals surface area contributed by atoms with Crippen LogP contribution in [0, 0.1) is 6.92 Å². The van der Waals surface area contributed by atoms with E-state index in [2.05, 4.69) is 24.4 Å². The summed E-state index contributed by atoms with van der Waals surface area (Å²) in [6, 6.07) is 6.30. The van der Waals surface area contributed by atoms with E-state index in [-0.39, 0.29) is 5.54 Å². The molecule has 1 aromatic rings. The van der Waals surface area contributed by atoms with Crippen LogP contribution in [0.5, 0.6) is 5.75 Å². The molecule has 1 aliphatic rings. The molecule has 3 heteroatoms. The Labute approximate surface area is 115 Å². The smallest absolute Gasteiger partial charge is 0.123 e. The van der Waals surface area contributed by atoms with Crippen molar-refractivity contribution in [1.82, 2.24) is 5.32 Å². The standard InChI is InChI=1S/C15H22ClNO/c1-12-5-6-14(18-2)13(9-12)10-17-15(11-16)7-3-4-8-15/h5-6,9,17H,3-4,7-8,10-11H2,1-2H3. The summed E-state index contributed by atoms with van der Waals surface area (Å²) in [4.78, 5) is 0. The monoisotopic (exact) mass is 267 g/mol. The van der Waals surface area contributed by atoms with Crippen molar-refractivity contribution in [1.29, 1.82) is 0 Å². The molecular weight excluding hydrogens is 246 g/mol. The Morgan fingerprint density at radius 3 is 2.67 bits per heavy atom. The topological polar surface area (TPSA) is 21.3 Å². The molecule has 2 rings (SSSR count). The van der Waals surface area contributed by atoms with Gasteiger partial charge in [0, 0.05) is 23.5 Å². The first-order chi connectivity index (χ1) is 8.69. The minimum absolute atomic E-state index is 0.135. The van der Waals surface area contributed by atoms with Crippen LogP contribution in [-0.2, 0) is 6.54 Å². The highest BCUT2D eigenvalue weighted by atomic mass is 35.5. The molecule has 0 spiro atoms. The molecule has 1 N–H and O–H groups in total. The number of hydrogen-bond acceptors (Lipinski definition) is 2. The highest BCUT2D eigenvalue weighted by Gasteiger charge is 2.32. The molecule has 0 atom stereocenters. The van der Waals surface area contributed by atoms with Gasteiger partial charge in [-0.1, -0.05) is 30.5 Å². The van der Waals surface area contributed by atoms with Crippen LogP contribution >= 0.6 is 11.6 Å². The lowest BCUT2D eigenvalue weighted by molar-refractivity contribution is 0.358. The van der Waals surface area contributed by atoms with Gasteiger partial charge in [-0.05, 0) is 25.8 Å². The minimum Gasteiger partial charge on any atom is -0.496 e. The van der Waals surface area contributed by atoms with Crippen molar-refractivity contribution in [2.24, 2.45) is 0 Å². The van der Waals surface area contributed by atoms with Gasteiger partial charge in [0.05, 0.1) is 7.11 Å². The number of hydrogen-bond donors (Lipinski definition) is 1. The van der Waals surface area contributed by atoms with E-state index in [1.165, 1.54) is 36.8 Å². The van der Waals surface area contributed by atoms with Crippen LogP contribution in [0.25, 0.3) is 0 Å². The third-order valence-electron chi connectivity index (χ3n) is 3.91. The number of aryl methyl sites for hydroxylation is 1. The molecule has 0 radical (unpaired) electrons. The summed E-state index contributed by atoms with van der Waals surface area (Å²) < 4.78 is 5.41. The lowest BCUT2D eigenvalue weighted by Gasteiger charge is -2.28. The second-order valence-electron chi connectivity index (χ2n) is 5.29. The van der Waals surface area contributed by atoms with Gasteiger partial charge < -0.3 is 10.1 Å². The molecule has 1 fully saturated rings. The van der Waals surface area contributed by atoms with Gasteiger partial charge in [0.1, 0.15) is 5.75 Å². The number of alkyl halides is 1. The Kier molecular flexibility index (Phi) is 4.52. The van der Waals surface area contributed by atoms with Crippen molar-refractivity contribution in [2.45, 2.75) is 44.7 Å². The molecule has 2 nitrogen and oxygen atoms in total. The summed E-state index contributed by atoms with van der Waals surface area (Å²) in [6.07, 6.45) is 4.94. The first kappa shape index (κ1) is 13.7.